The first-order valence-corrected chi connectivity index (χ1v) is 4.72. The van der Waals surface area contributed by atoms with Gasteiger partial charge in [0.2, 0.25) is 0 Å². The Morgan fingerprint density at radius 3 is 2.64 bits per heavy atom. The van der Waals surface area contributed by atoms with Gasteiger partial charge in [0.1, 0.15) is 0 Å². The number of rotatable bonds is 7. The van der Waals surface area contributed by atoms with Crippen molar-refractivity contribution in [3.63, 3.8) is 0 Å². The first-order chi connectivity index (χ1) is 5.31. The van der Waals surface area contributed by atoms with Crippen LogP contribution in [0.3, 0.4) is 0 Å². The fourth-order valence-electron chi connectivity index (χ4n) is 0.905. The SMILES string of the molecule is CCC(C)CCNCCCN. The Kier molecular flexibility index (Phi) is 7.96. The molecule has 0 aromatic carbocycles. The molecule has 0 amide bonds. The van der Waals surface area contributed by atoms with Gasteiger partial charge in [0.05, 0.1) is 0 Å². The highest BCUT2D eigenvalue weighted by atomic mass is 14.8. The van der Waals surface area contributed by atoms with E-state index in [2.05, 4.69) is 19.2 Å². The summed E-state index contributed by atoms with van der Waals surface area (Å²) in [6.45, 7) is 7.56. The minimum Gasteiger partial charge on any atom is -0.330 e. The maximum Gasteiger partial charge on any atom is -0.00369 e. The predicted octanol–water partition coefficient (Wildman–Crippen LogP) is 1.36. The van der Waals surface area contributed by atoms with Crippen molar-refractivity contribution in [1.29, 1.82) is 0 Å². The molecule has 0 aliphatic rings. The molecule has 11 heavy (non-hydrogen) atoms. The van der Waals surface area contributed by atoms with Crippen molar-refractivity contribution in [2.75, 3.05) is 19.6 Å². The molecule has 0 aromatic rings. The molecule has 1 atom stereocenters. The van der Waals surface area contributed by atoms with Gasteiger partial charge in [-0.1, -0.05) is 20.3 Å². The zero-order valence-corrected chi connectivity index (χ0v) is 7.90. The van der Waals surface area contributed by atoms with Crippen LogP contribution in [0, 0.1) is 5.92 Å². The molecular formula is C9H22N2. The van der Waals surface area contributed by atoms with Crippen molar-refractivity contribution >= 4 is 0 Å². The molecule has 1 unspecified atom stereocenters. The van der Waals surface area contributed by atoms with E-state index in [-0.39, 0.29) is 0 Å². The fourth-order valence-corrected chi connectivity index (χ4v) is 0.905. The normalized spacial score (nSPS) is 13.4. The summed E-state index contributed by atoms with van der Waals surface area (Å²) in [5, 5.41) is 3.37. The van der Waals surface area contributed by atoms with E-state index < -0.39 is 0 Å². The van der Waals surface area contributed by atoms with E-state index in [1.165, 1.54) is 12.8 Å². The van der Waals surface area contributed by atoms with Crippen LogP contribution >= 0.6 is 0 Å². The highest BCUT2D eigenvalue weighted by Gasteiger charge is 1.96. The fraction of sp³-hybridized carbons (Fsp3) is 1.00. The molecular weight excluding hydrogens is 136 g/mol. The van der Waals surface area contributed by atoms with E-state index in [1.54, 1.807) is 0 Å². The molecule has 0 saturated carbocycles. The van der Waals surface area contributed by atoms with Gasteiger partial charge in [0, 0.05) is 0 Å². The van der Waals surface area contributed by atoms with Crippen LogP contribution in [-0.2, 0) is 0 Å². The zero-order chi connectivity index (χ0) is 8.53. The van der Waals surface area contributed by atoms with Crippen molar-refractivity contribution in [3.8, 4) is 0 Å². The molecule has 2 nitrogen and oxygen atoms in total. The Hall–Kier alpha value is -0.0800. The molecule has 68 valence electrons. The lowest BCUT2D eigenvalue weighted by Gasteiger charge is -2.08. The third-order valence-electron chi connectivity index (χ3n) is 2.07. The summed E-state index contributed by atoms with van der Waals surface area (Å²) in [6.07, 6.45) is 3.68. The second-order valence-electron chi connectivity index (χ2n) is 3.19. The number of hydrogen-bond acceptors (Lipinski definition) is 2. The molecule has 0 fully saturated rings. The van der Waals surface area contributed by atoms with Crippen LogP contribution in [0.2, 0.25) is 0 Å². The van der Waals surface area contributed by atoms with Gasteiger partial charge in [-0.3, -0.25) is 0 Å². The molecule has 2 heteroatoms. The molecule has 3 N–H and O–H groups in total. The zero-order valence-electron chi connectivity index (χ0n) is 7.90. The Bertz CT molecular complexity index is 74.0. The lowest BCUT2D eigenvalue weighted by atomic mass is 10.1. The minimum atomic E-state index is 0.802. The van der Waals surface area contributed by atoms with Crippen molar-refractivity contribution < 1.29 is 0 Å². The Morgan fingerprint density at radius 1 is 1.36 bits per heavy atom. The van der Waals surface area contributed by atoms with Crippen LogP contribution in [0.4, 0.5) is 0 Å². The van der Waals surface area contributed by atoms with Gasteiger partial charge in [0.25, 0.3) is 0 Å². The first kappa shape index (κ1) is 10.9. The summed E-state index contributed by atoms with van der Waals surface area (Å²) in [5.74, 6) is 0.861. The quantitative estimate of drug-likeness (QED) is 0.549. The van der Waals surface area contributed by atoms with Gasteiger partial charge in [-0.15, -0.1) is 0 Å². The number of nitrogens with two attached hydrogens (primary N) is 1. The standard InChI is InChI=1S/C9H22N2/c1-3-9(2)5-8-11-7-4-6-10/h9,11H,3-8,10H2,1-2H3. The molecule has 0 spiro atoms. The Labute approximate surface area is 70.5 Å². The van der Waals surface area contributed by atoms with E-state index in [0.29, 0.717) is 0 Å². The van der Waals surface area contributed by atoms with Crippen LogP contribution in [0.1, 0.15) is 33.1 Å². The first-order valence-electron chi connectivity index (χ1n) is 4.72. The number of nitrogens with one attached hydrogen (secondary N) is 1. The van der Waals surface area contributed by atoms with Crippen molar-refractivity contribution in [3.05, 3.63) is 0 Å². The second kappa shape index (κ2) is 8.02. The molecule has 0 rings (SSSR count). The average molecular weight is 158 g/mol. The van der Waals surface area contributed by atoms with Crippen molar-refractivity contribution in [2.45, 2.75) is 33.1 Å². The summed E-state index contributed by atoms with van der Waals surface area (Å²) in [6, 6.07) is 0. The lowest BCUT2D eigenvalue weighted by molar-refractivity contribution is 0.486. The Morgan fingerprint density at radius 2 is 2.09 bits per heavy atom. The third kappa shape index (κ3) is 7.82. The van der Waals surface area contributed by atoms with Gasteiger partial charge in [0.15, 0.2) is 0 Å². The molecule has 0 aliphatic carbocycles. The van der Waals surface area contributed by atoms with Crippen LogP contribution in [0.25, 0.3) is 0 Å². The predicted molar refractivity (Wildman–Crippen MR) is 50.6 cm³/mol. The summed E-state index contributed by atoms with van der Waals surface area (Å²) in [5.41, 5.74) is 5.36. The van der Waals surface area contributed by atoms with Gasteiger partial charge in [-0.05, 0) is 38.4 Å². The van der Waals surface area contributed by atoms with Crippen LogP contribution in [-0.4, -0.2) is 19.6 Å². The van der Waals surface area contributed by atoms with Crippen molar-refractivity contribution in [1.82, 2.24) is 5.32 Å². The molecule has 0 heterocycles. The monoisotopic (exact) mass is 158 g/mol. The topological polar surface area (TPSA) is 38.0 Å². The largest absolute Gasteiger partial charge is 0.330 e. The summed E-state index contributed by atoms with van der Waals surface area (Å²) >= 11 is 0. The van der Waals surface area contributed by atoms with E-state index in [0.717, 1.165) is 32.0 Å². The van der Waals surface area contributed by atoms with E-state index in [4.69, 9.17) is 5.73 Å². The number of hydrogen-bond donors (Lipinski definition) is 2. The molecule has 0 bridgehead atoms. The van der Waals surface area contributed by atoms with Crippen molar-refractivity contribution in [2.24, 2.45) is 11.7 Å². The van der Waals surface area contributed by atoms with Gasteiger partial charge < -0.3 is 11.1 Å². The molecule has 0 radical (unpaired) electrons. The van der Waals surface area contributed by atoms with Gasteiger partial charge in [-0.25, -0.2) is 0 Å². The minimum absolute atomic E-state index is 0.802. The molecule has 0 aliphatic heterocycles. The van der Waals surface area contributed by atoms with E-state index >= 15 is 0 Å². The van der Waals surface area contributed by atoms with Gasteiger partial charge >= 0.3 is 0 Å². The maximum atomic E-state index is 5.36. The van der Waals surface area contributed by atoms with Crippen LogP contribution in [0.15, 0.2) is 0 Å². The summed E-state index contributed by atoms with van der Waals surface area (Å²) in [4.78, 5) is 0. The van der Waals surface area contributed by atoms with Gasteiger partial charge in [-0.2, -0.15) is 0 Å². The van der Waals surface area contributed by atoms with E-state index in [1.807, 2.05) is 0 Å². The smallest absolute Gasteiger partial charge is 0.00369 e. The molecule has 0 aromatic heterocycles. The Balaban J connectivity index is 2.89. The second-order valence-corrected chi connectivity index (χ2v) is 3.19. The summed E-state index contributed by atoms with van der Waals surface area (Å²) in [7, 11) is 0. The van der Waals surface area contributed by atoms with Crippen LogP contribution in [0.5, 0.6) is 0 Å². The average Bonchev–Trinajstić information content (AvgIpc) is 2.04. The lowest BCUT2D eigenvalue weighted by Crippen LogP contribution is -2.20. The third-order valence-corrected chi connectivity index (χ3v) is 2.07. The van der Waals surface area contributed by atoms with Crippen LogP contribution < -0.4 is 11.1 Å². The van der Waals surface area contributed by atoms with E-state index in [9.17, 15) is 0 Å². The highest BCUT2D eigenvalue weighted by Crippen LogP contribution is 2.03. The maximum absolute atomic E-state index is 5.36. The summed E-state index contributed by atoms with van der Waals surface area (Å²) < 4.78 is 0. The molecule has 0 saturated heterocycles. The highest BCUT2D eigenvalue weighted by molar-refractivity contribution is 4.53.